The van der Waals surface area contributed by atoms with Crippen molar-refractivity contribution in [3.63, 3.8) is 0 Å². The number of carbonyl (C=O) groups is 1. The first kappa shape index (κ1) is 22.6. The molecule has 0 spiro atoms. The molecule has 0 atom stereocenters. The molecular weight excluding hydrogens is 461 g/mol. The molecule has 1 N–H and O–H groups in total. The lowest BCUT2D eigenvalue weighted by Gasteiger charge is -2.23. The number of nitrogens with zero attached hydrogens (tertiary/aromatic N) is 2. The third-order valence-corrected chi connectivity index (χ3v) is 7.25. The summed E-state index contributed by atoms with van der Waals surface area (Å²) in [5, 5.41) is 1.15. The number of hydrogen-bond acceptors (Lipinski definition) is 5. The van der Waals surface area contributed by atoms with Gasteiger partial charge in [0, 0.05) is 47.3 Å². The zero-order chi connectivity index (χ0) is 24.9. The van der Waals surface area contributed by atoms with Crippen LogP contribution < -0.4 is 14.2 Å². The molecule has 0 bridgehead atoms. The van der Waals surface area contributed by atoms with Crippen LogP contribution in [0.2, 0.25) is 0 Å². The van der Waals surface area contributed by atoms with E-state index < -0.39 is 11.2 Å². The highest BCUT2D eigenvalue weighted by Gasteiger charge is 2.53. The van der Waals surface area contributed by atoms with E-state index in [0.29, 0.717) is 40.1 Å². The van der Waals surface area contributed by atoms with Gasteiger partial charge in [-0.3, -0.25) is 9.78 Å². The number of ether oxygens (including phenoxy) is 3. The molecule has 1 saturated carbocycles. The summed E-state index contributed by atoms with van der Waals surface area (Å²) in [5.74, 6) is 1.38. The summed E-state index contributed by atoms with van der Waals surface area (Å²) in [5.41, 5.74) is 1.79. The van der Waals surface area contributed by atoms with Gasteiger partial charge in [0.05, 0.1) is 18.0 Å². The van der Waals surface area contributed by atoms with E-state index in [-0.39, 0.29) is 11.7 Å². The highest BCUT2D eigenvalue weighted by Crippen LogP contribution is 2.49. The fraction of sp³-hybridized carbons (Fsp3) is 0.357. The Kier molecular flexibility index (Phi) is 5.47. The topological polar surface area (TPSA) is 76.7 Å². The van der Waals surface area contributed by atoms with Crippen molar-refractivity contribution in [3.05, 3.63) is 54.1 Å². The maximum Gasteiger partial charge on any atom is 0.232 e. The van der Waals surface area contributed by atoms with Gasteiger partial charge in [0.25, 0.3) is 0 Å². The Morgan fingerprint density at radius 1 is 1.06 bits per heavy atom. The summed E-state index contributed by atoms with van der Waals surface area (Å²) >= 11 is 0. The van der Waals surface area contributed by atoms with Gasteiger partial charge in [-0.05, 0) is 62.9 Å². The van der Waals surface area contributed by atoms with Crippen molar-refractivity contribution >= 4 is 27.7 Å². The van der Waals surface area contributed by atoms with Gasteiger partial charge in [0.2, 0.25) is 5.91 Å². The van der Waals surface area contributed by atoms with Crippen molar-refractivity contribution in [3.8, 4) is 23.0 Å². The standard InChI is InChI=1S/C28H28FN3O4/c1-17-13-19-20(31-17)5-6-23(26(19)29)36-22-7-10-30-21-15-25(24(34-2)14-18(21)22)35-16-28(8-9-28)27(33)32-11-3-4-12-32/h5-7,10,13-15,31H,3-4,8-9,11-12,16H2,1-2H3. The molecule has 8 heteroatoms. The first-order valence-corrected chi connectivity index (χ1v) is 12.3. The number of fused-ring (bicyclic) bond motifs is 2. The van der Waals surface area contributed by atoms with Crippen molar-refractivity contribution in [1.82, 2.24) is 14.9 Å². The number of hydrogen-bond donors (Lipinski definition) is 1. The Balaban J connectivity index is 1.28. The Labute approximate surface area is 208 Å². The second-order valence-corrected chi connectivity index (χ2v) is 9.79. The lowest BCUT2D eigenvalue weighted by atomic mass is 10.1. The van der Waals surface area contributed by atoms with E-state index in [2.05, 4.69) is 9.97 Å². The fourth-order valence-electron chi connectivity index (χ4n) is 5.02. The quantitative estimate of drug-likeness (QED) is 0.358. The predicted octanol–water partition coefficient (Wildman–Crippen LogP) is 5.75. The summed E-state index contributed by atoms with van der Waals surface area (Å²) < 4.78 is 32.9. The van der Waals surface area contributed by atoms with E-state index in [1.807, 2.05) is 11.8 Å². The molecule has 36 heavy (non-hydrogen) atoms. The highest BCUT2D eigenvalue weighted by atomic mass is 19.1. The SMILES string of the molecule is COc1cc2c(Oc3ccc4[nH]c(C)cc4c3F)ccnc2cc1OCC1(C(=O)N2CCCC2)CC1. The van der Waals surface area contributed by atoms with Gasteiger partial charge in [-0.1, -0.05) is 0 Å². The molecule has 6 rings (SSSR count). The average Bonchev–Trinajstić information content (AvgIpc) is 3.28. The van der Waals surface area contributed by atoms with Gasteiger partial charge in [0.1, 0.15) is 12.4 Å². The number of nitrogens with one attached hydrogen (secondary N) is 1. The largest absolute Gasteiger partial charge is 0.493 e. The van der Waals surface area contributed by atoms with E-state index in [0.717, 1.165) is 50.0 Å². The predicted molar refractivity (Wildman–Crippen MR) is 134 cm³/mol. The third kappa shape index (κ3) is 3.90. The minimum Gasteiger partial charge on any atom is -0.493 e. The van der Waals surface area contributed by atoms with E-state index in [4.69, 9.17) is 14.2 Å². The van der Waals surface area contributed by atoms with Crippen LogP contribution in [0.4, 0.5) is 4.39 Å². The molecule has 0 radical (unpaired) electrons. The van der Waals surface area contributed by atoms with Crippen LogP contribution >= 0.6 is 0 Å². The lowest BCUT2D eigenvalue weighted by molar-refractivity contribution is -0.137. The van der Waals surface area contributed by atoms with Crippen LogP contribution in [0.5, 0.6) is 23.0 Å². The summed E-state index contributed by atoms with van der Waals surface area (Å²) in [6.45, 7) is 3.87. The normalized spacial score (nSPS) is 16.5. The number of H-pyrrole nitrogens is 1. The van der Waals surface area contributed by atoms with E-state index in [1.165, 1.54) is 0 Å². The molecule has 1 saturated heterocycles. The number of halogens is 1. The second kappa shape index (κ2) is 8.69. The van der Waals surface area contributed by atoms with Crippen LogP contribution in [0, 0.1) is 18.2 Å². The zero-order valence-corrected chi connectivity index (χ0v) is 20.4. The summed E-state index contributed by atoms with van der Waals surface area (Å²) in [6, 6.07) is 10.4. The minimum atomic E-state index is -0.435. The number of aryl methyl sites for hydroxylation is 1. The van der Waals surface area contributed by atoms with Gasteiger partial charge in [0.15, 0.2) is 23.1 Å². The first-order valence-electron chi connectivity index (χ1n) is 12.3. The molecule has 3 heterocycles. The van der Waals surface area contributed by atoms with Crippen LogP contribution in [-0.2, 0) is 4.79 Å². The Morgan fingerprint density at radius 3 is 2.61 bits per heavy atom. The summed E-state index contributed by atoms with van der Waals surface area (Å²) in [4.78, 5) is 22.6. The number of rotatable bonds is 7. The number of amides is 1. The van der Waals surface area contributed by atoms with Crippen molar-refractivity contribution in [2.24, 2.45) is 5.41 Å². The molecule has 4 aromatic rings. The monoisotopic (exact) mass is 489 g/mol. The number of benzene rings is 2. The molecule has 2 aromatic heterocycles. The van der Waals surface area contributed by atoms with Crippen LogP contribution in [0.25, 0.3) is 21.8 Å². The van der Waals surface area contributed by atoms with Gasteiger partial charge in [-0.15, -0.1) is 0 Å². The Morgan fingerprint density at radius 2 is 1.86 bits per heavy atom. The summed E-state index contributed by atoms with van der Waals surface area (Å²) in [7, 11) is 1.56. The second-order valence-electron chi connectivity index (χ2n) is 9.79. The Bertz CT molecular complexity index is 1470. The number of carbonyl (C=O) groups excluding carboxylic acids is 1. The van der Waals surface area contributed by atoms with Crippen molar-refractivity contribution in [1.29, 1.82) is 0 Å². The van der Waals surface area contributed by atoms with Crippen LogP contribution in [0.1, 0.15) is 31.4 Å². The lowest BCUT2D eigenvalue weighted by Crippen LogP contribution is -2.38. The fourth-order valence-corrected chi connectivity index (χ4v) is 5.02. The highest BCUT2D eigenvalue weighted by molar-refractivity contribution is 5.89. The van der Waals surface area contributed by atoms with Gasteiger partial charge in [-0.2, -0.15) is 0 Å². The van der Waals surface area contributed by atoms with Crippen molar-refractivity contribution < 1.29 is 23.4 Å². The number of pyridine rings is 1. The molecule has 1 aliphatic carbocycles. The van der Waals surface area contributed by atoms with Crippen molar-refractivity contribution in [2.45, 2.75) is 32.6 Å². The number of likely N-dealkylation sites (tertiary alicyclic amines) is 1. The molecule has 2 aliphatic rings. The smallest absolute Gasteiger partial charge is 0.232 e. The zero-order valence-electron chi connectivity index (χ0n) is 20.4. The minimum absolute atomic E-state index is 0.129. The molecule has 0 unspecified atom stereocenters. The third-order valence-electron chi connectivity index (χ3n) is 7.25. The number of aromatic nitrogens is 2. The van der Waals surface area contributed by atoms with Gasteiger partial charge < -0.3 is 24.1 Å². The Hall–Kier alpha value is -3.81. The molecule has 2 fully saturated rings. The maximum atomic E-state index is 15.1. The van der Waals surface area contributed by atoms with Gasteiger partial charge >= 0.3 is 0 Å². The van der Waals surface area contributed by atoms with Crippen LogP contribution in [-0.4, -0.2) is 47.6 Å². The molecule has 2 aromatic carbocycles. The maximum absolute atomic E-state index is 15.1. The van der Waals surface area contributed by atoms with E-state index >= 15 is 4.39 Å². The number of aromatic amines is 1. The first-order chi connectivity index (χ1) is 17.5. The van der Waals surface area contributed by atoms with E-state index in [9.17, 15) is 4.79 Å². The van der Waals surface area contributed by atoms with Crippen LogP contribution in [0.3, 0.4) is 0 Å². The average molecular weight is 490 g/mol. The molecule has 186 valence electrons. The van der Waals surface area contributed by atoms with E-state index in [1.54, 1.807) is 49.7 Å². The van der Waals surface area contributed by atoms with Crippen LogP contribution in [0.15, 0.2) is 42.6 Å². The molecule has 1 aliphatic heterocycles. The number of methoxy groups -OCH3 is 1. The molecular formula is C28H28FN3O4. The summed E-state index contributed by atoms with van der Waals surface area (Å²) in [6.07, 6.45) is 5.43. The molecule has 1 amide bonds. The van der Waals surface area contributed by atoms with Crippen molar-refractivity contribution in [2.75, 3.05) is 26.8 Å². The van der Waals surface area contributed by atoms with Gasteiger partial charge in [-0.25, -0.2) is 4.39 Å². The molecule has 7 nitrogen and oxygen atoms in total.